The van der Waals surface area contributed by atoms with E-state index in [0.29, 0.717) is 12.1 Å². The van der Waals surface area contributed by atoms with Crippen molar-refractivity contribution in [1.29, 1.82) is 0 Å². The van der Waals surface area contributed by atoms with Crippen LogP contribution in [0.5, 0.6) is 0 Å². The molecule has 0 saturated heterocycles. The monoisotopic (exact) mass is 242 g/mol. The fourth-order valence-electron chi connectivity index (χ4n) is 2.37. The van der Waals surface area contributed by atoms with Crippen LogP contribution in [0.3, 0.4) is 0 Å². The van der Waals surface area contributed by atoms with Gasteiger partial charge in [-0.2, -0.15) is 0 Å². The summed E-state index contributed by atoms with van der Waals surface area (Å²) < 4.78 is 13.5. The molecule has 1 aromatic rings. The highest BCUT2D eigenvalue weighted by molar-refractivity contribution is 6.29. The van der Waals surface area contributed by atoms with Crippen molar-refractivity contribution >= 4 is 11.6 Å². The topological polar surface area (TPSA) is 25.8 Å². The van der Waals surface area contributed by atoms with Crippen LogP contribution in [0, 0.1) is 11.7 Å². The Hall–Kier alpha value is -0.700. The molecule has 0 amide bonds. The molecule has 1 saturated carbocycles. The molecule has 1 aromatic heterocycles. The Labute approximate surface area is 100 Å². The molecule has 0 aliphatic heterocycles. The lowest BCUT2D eigenvalue weighted by atomic mass is 9.86. The van der Waals surface area contributed by atoms with Gasteiger partial charge in [0.1, 0.15) is 6.33 Å². The van der Waals surface area contributed by atoms with Crippen LogP contribution in [0.25, 0.3) is 0 Å². The molecule has 0 unspecified atom stereocenters. The molecule has 0 N–H and O–H groups in total. The third kappa shape index (κ3) is 2.91. The standard InChI is InChI=1S/C12H16ClFN2/c13-12-11(14)10(15-8-16-12)7-6-9-4-2-1-3-5-9/h8-9H,1-7H2. The van der Waals surface area contributed by atoms with Crippen LogP contribution < -0.4 is 0 Å². The predicted molar refractivity (Wildman–Crippen MR) is 61.9 cm³/mol. The lowest BCUT2D eigenvalue weighted by Gasteiger charge is -2.21. The van der Waals surface area contributed by atoms with E-state index >= 15 is 0 Å². The summed E-state index contributed by atoms with van der Waals surface area (Å²) >= 11 is 5.61. The van der Waals surface area contributed by atoms with Crippen molar-refractivity contribution in [1.82, 2.24) is 9.97 Å². The van der Waals surface area contributed by atoms with Crippen LogP contribution >= 0.6 is 11.6 Å². The van der Waals surface area contributed by atoms with Gasteiger partial charge >= 0.3 is 0 Å². The van der Waals surface area contributed by atoms with Crippen LogP contribution in [0.15, 0.2) is 6.33 Å². The highest BCUT2D eigenvalue weighted by Gasteiger charge is 2.15. The van der Waals surface area contributed by atoms with Gasteiger partial charge in [-0.05, 0) is 18.8 Å². The lowest BCUT2D eigenvalue weighted by molar-refractivity contribution is 0.337. The molecule has 0 radical (unpaired) electrons. The zero-order valence-electron chi connectivity index (χ0n) is 9.25. The first-order valence-electron chi connectivity index (χ1n) is 5.92. The van der Waals surface area contributed by atoms with Crippen LogP contribution in [-0.2, 0) is 6.42 Å². The van der Waals surface area contributed by atoms with Crippen molar-refractivity contribution < 1.29 is 4.39 Å². The number of aromatic nitrogens is 2. The van der Waals surface area contributed by atoms with Crippen LogP contribution in [0.2, 0.25) is 5.15 Å². The van der Waals surface area contributed by atoms with Crippen molar-refractivity contribution in [2.45, 2.75) is 44.9 Å². The molecular formula is C12H16ClFN2. The van der Waals surface area contributed by atoms with Crippen molar-refractivity contribution in [2.24, 2.45) is 5.92 Å². The lowest BCUT2D eigenvalue weighted by Crippen LogP contribution is -2.08. The number of halogens is 2. The van der Waals surface area contributed by atoms with Crippen LogP contribution in [-0.4, -0.2) is 9.97 Å². The average molecular weight is 243 g/mol. The summed E-state index contributed by atoms with van der Waals surface area (Å²) in [4.78, 5) is 7.57. The average Bonchev–Trinajstić information content (AvgIpc) is 2.32. The first-order valence-corrected chi connectivity index (χ1v) is 6.30. The van der Waals surface area contributed by atoms with Gasteiger partial charge in [-0.1, -0.05) is 43.7 Å². The van der Waals surface area contributed by atoms with E-state index in [9.17, 15) is 4.39 Å². The first kappa shape index (κ1) is 11.8. The van der Waals surface area contributed by atoms with E-state index in [1.54, 1.807) is 0 Å². The van der Waals surface area contributed by atoms with E-state index in [0.717, 1.165) is 12.3 Å². The van der Waals surface area contributed by atoms with Gasteiger partial charge in [0.05, 0.1) is 5.69 Å². The molecule has 1 aliphatic carbocycles. The second-order valence-electron chi connectivity index (χ2n) is 4.47. The summed E-state index contributed by atoms with van der Waals surface area (Å²) in [6.07, 6.45) is 9.57. The minimum absolute atomic E-state index is 0.0614. The molecule has 2 nitrogen and oxygen atoms in total. The van der Waals surface area contributed by atoms with Gasteiger partial charge in [0, 0.05) is 0 Å². The molecule has 0 spiro atoms. The quantitative estimate of drug-likeness (QED) is 0.754. The molecule has 0 bridgehead atoms. The Morgan fingerprint density at radius 3 is 2.75 bits per heavy atom. The number of aryl methyl sites for hydroxylation is 1. The molecule has 16 heavy (non-hydrogen) atoms. The van der Waals surface area contributed by atoms with E-state index in [2.05, 4.69) is 9.97 Å². The van der Waals surface area contributed by atoms with Gasteiger partial charge in [0.2, 0.25) is 0 Å². The van der Waals surface area contributed by atoms with E-state index in [4.69, 9.17) is 11.6 Å². The summed E-state index contributed by atoms with van der Waals surface area (Å²) in [5.41, 5.74) is 0.463. The highest BCUT2D eigenvalue weighted by atomic mass is 35.5. The third-order valence-electron chi connectivity index (χ3n) is 3.33. The van der Waals surface area contributed by atoms with Crippen molar-refractivity contribution in [3.05, 3.63) is 23.0 Å². The minimum atomic E-state index is -0.444. The van der Waals surface area contributed by atoms with Crippen LogP contribution in [0.4, 0.5) is 4.39 Å². The van der Waals surface area contributed by atoms with Gasteiger partial charge in [-0.25, -0.2) is 14.4 Å². The molecule has 1 heterocycles. The van der Waals surface area contributed by atoms with E-state index in [1.165, 1.54) is 38.4 Å². The first-order chi connectivity index (χ1) is 7.77. The maximum Gasteiger partial charge on any atom is 0.181 e. The van der Waals surface area contributed by atoms with Crippen molar-refractivity contribution in [3.8, 4) is 0 Å². The normalized spacial score (nSPS) is 17.6. The Bertz CT molecular complexity index is 351. The molecule has 4 heteroatoms. The van der Waals surface area contributed by atoms with E-state index in [1.807, 2.05) is 0 Å². The second-order valence-corrected chi connectivity index (χ2v) is 4.83. The summed E-state index contributed by atoms with van der Waals surface area (Å²) in [6, 6.07) is 0. The highest BCUT2D eigenvalue weighted by Crippen LogP contribution is 2.27. The molecular weight excluding hydrogens is 227 g/mol. The van der Waals surface area contributed by atoms with Crippen molar-refractivity contribution in [3.63, 3.8) is 0 Å². The molecule has 0 atom stereocenters. The summed E-state index contributed by atoms with van der Waals surface area (Å²) in [5, 5.41) is -0.0614. The van der Waals surface area contributed by atoms with Gasteiger partial charge in [-0.15, -0.1) is 0 Å². The summed E-state index contributed by atoms with van der Waals surface area (Å²) in [5.74, 6) is 0.293. The SMILES string of the molecule is Fc1c(Cl)ncnc1CCC1CCCCC1. The summed E-state index contributed by atoms with van der Waals surface area (Å²) in [7, 11) is 0. The Kier molecular flexibility index (Phi) is 4.10. The Morgan fingerprint density at radius 2 is 2.00 bits per heavy atom. The maximum absolute atomic E-state index is 13.5. The second kappa shape index (κ2) is 5.58. The van der Waals surface area contributed by atoms with Gasteiger partial charge in [-0.3, -0.25) is 0 Å². The zero-order valence-corrected chi connectivity index (χ0v) is 10.0. The van der Waals surface area contributed by atoms with Gasteiger partial charge in [0.15, 0.2) is 11.0 Å². The molecule has 88 valence electrons. The number of hydrogen-bond acceptors (Lipinski definition) is 2. The maximum atomic E-state index is 13.5. The molecule has 2 rings (SSSR count). The van der Waals surface area contributed by atoms with Crippen molar-refractivity contribution in [2.75, 3.05) is 0 Å². The molecule has 1 fully saturated rings. The van der Waals surface area contributed by atoms with Gasteiger partial charge in [0.25, 0.3) is 0 Å². The molecule has 0 aromatic carbocycles. The van der Waals surface area contributed by atoms with Gasteiger partial charge < -0.3 is 0 Å². The fraction of sp³-hybridized carbons (Fsp3) is 0.667. The largest absolute Gasteiger partial charge is 0.238 e. The van der Waals surface area contributed by atoms with Crippen LogP contribution in [0.1, 0.15) is 44.2 Å². The number of rotatable bonds is 3. The van der Waals surface area contributed by atoms with E-state index in [-0.39, 0.29) is 5.15 Å². The Balaban J connectivity index is 1.91. The van der Waals surface area contributed by atoms with E-state index < -0.39 is 5.82 Å². The number of nitrogens with zero attached hydrogens (tertiary/aromatic N) is 2. The third-order valence-corrected chi connectivity index (χ3v) is 3.60. The Morgan fingerprint density at radius 1 is 1.25 bits per heavy atom. The number of hydrogen-bond donors (Lipinski definition) is 0. The molecule has 1 aliphatic rings. The zero-order chi connectivity index (χ0) is 11.4. The minimum Gasteiger partial charge on any atom is -0.238 e. The summed E-state index contributed by atoms with van der Waals surface area (Å²) in [6.45, 7) is 0. The fourth-order valence-corrected chi connectivity index (χ4v) is 2.53. The predicted octanol–water partition coefficient (Wildman–Crippen LogP) is 3.78. The smallest absolute Gasteiger partial charge is 0.181 e.